The van der Waals surface area contributed by atoms with Crippen LogP contribution in [0.5, 0.6) is 0 Å². The molecule has 0 spiro atoms. The zero-order valence-corrected chi connectivity index (χ0v) is 13.3. The molecule has 19 heavy (non-hydrogen) atoms. The van der Waals surface area contributed by atoms with E-state index in [2.05, 4.69) is 30.8 Å². The highest BCUT2D eigenvalue weighted by Crippen LogP contribution is 2.25. The maximum atomic E-state index is 5.58. The Labute approximate surface area is 129 Å². The fourth-order valence-electron chi connectivity index (χ4n) is 1.59. The van der Waals surface area contributed by atoms with Gasteiger partial charge in [-0.15, -0.1) is 11.3 Å². The highest BCUT2D eigenvalue weighted by Gasteiger charge is 2.11. The lowest BCUT2D eigenvalue weighted by Gasteiger charge is -2.21. The minimum Gasteiger partial charge on any atom is -0.393 e. The summed E-state index contributed by atoms with van der Waals surface area (Å²) in [4.78, 5) is 11.2. The van der Waals surface area contributed by atoms with Crippen molar-refractivity contribution in [1.82, 2.24) is 9.97 Å². The number of thiazole rings is 1. The molecule has 0 radical (unpaired) electrons. The normalized spacial score (nSPS) is 10.4. The molecule has 7 heteroatoms. The zero-order chi connectivity index (χ0) is 13.7. The van der Waals surface area contributed by atoms with Gasteiger partial charge in [0.1, 0.15) is 4.60 Å². The van der Waals surface area contributed by atoms with Crippen molar-refractivity contribution in [3.63, 3.8) is 0 Å². The predicted octanol–water partition coefficient (Wildman–Crippen LogP) is 2.98. The van der Waals surface area contributed by atoms with Crippen molar-refractivity contribution >= 4 is 49.6 Å². The first kappa shape index (κ1) is 14.4. The van der Waals surface area contributed by atoms with Crippen molar-refractivity contribution in [2.24, 2.45) is 5.73 Å². The van der Waals surface area contributed by atoms with Crippen LogP contribution in [0.4, 0.5) is 5.13 Å². The molecule has 0 aromatic carbocycles. The van der Waals surface area contributed by atoms with E-state index in [4.69, 9.17) is 18.0 Å². The van der Waals surface area contributed by atoms with Crippen LogP contribution in [0, 0.1) is 0 Å². The molecular weight excluding hydrogens is 344 g/mol. The van der Waals surface area contributed by atoms with Gasteiger partial charge in [-0.2, -0.15) is 0 Å². The molecular formula is C12H13BrN4S2. The van der Waals surface area contributed by atoms with E-state index in [0.717, 1.165) is 28.4 Å². The number of anilines is 1. The molecule has 0 aliphatic heterocycles. The smallest absolute Gasteiger partial charge is 0.186 e. The van der Waals surface area contributed by atoms with Crippen LogP contribution in [-0.2, 0) is 6.54 Å². The van der Waals surface area contributed by atoms with Crippen LogP contribution in [0.25, 0.3) is 0 Å². The molecule has 0 unspecified atom stereocenters. The van der Waals surface area contributed by atoms with Crippen molar-refractivity contribution in [3.8, 4) is 0 Å². The quantitative estimate of drug-likeness (QED) is 0.806. The van der Waals surface area contributed by atoms with Gasteiger partial charge in [-0.1, -0.05) is 18.3 Å². The van der Waals surface area contributed by atoms with Gasteiger partial charge in [0.2, 0.25) is 0 Å². The van der Waals surface area contributed by atoms with Crippen LogP contribution < -0.4 is 10.6 Å². The van der Waals surface area contributed by atoms with Crippen LogP contribution in [0.1, 0.15) is 12.0 Å². The van der Waals surface area contributed by atoms with E-state index in [9.17, 15) is 0 Å². The summed E-state index contributed by atoms with van der Waals surface area (Å²) in [7, 11) is 0. The Hall–Kier alpha value is -1.05. The minimum atomic E-state index is 0.520. The zero-order valence-electron chi connectivity index (χ0n) is 10.1. The van der Waals surface area contributed by atoms with E-state index in [1.165, 1.54) is 0 Å². The average Bonchev–Trinajstić information content (AvgIpc) is 2.82. The van der Waals surface area contributed by atoms with Crippen LogP contribution in [-0.4, -0.2) is 21.5 Å². The molecule has 2 aromatic rings. The number of nitrogens with two attached hydrogens (primary N) is 1. The monoisotopic (exact) mass is 356 g/mol. The Morgan fingerprint density at radius 1 is 1.53 bits per heavy atom. The maximum absolute atomic E-state index is 5.58. The highest BCUT2D eigenvalue weighted by molar-refractivity contribution is 9.10. The van der Waals surface area contributed by atoms with E-state index >= 15 is 0 Å². The molecule has 0 atom stereocenters. The van der Waals surface area contributed by atoms with Gasteiger partial charge in [0.15, 0.2) is 5.13 Å². The van der Waals surface area contributed by atoms with E-state index < -0.39 is 0 Å². The third-order valence-electron chi connectivity index (χ3n) is 2.46. The van der Waals surface area contributed by atoms with Gasteiger partial charge in [-0.25, -0.2) is 4.98 Å². The van der Waals surface area contributed by atoms with E-state index in [-0.39, 0.29) is 0 Å². The first-order valence-electron chi connectivity index (χ1n) is 5.68. The molecule has 4 nitrogen and oxygen atoms in total. The van der Waals surface area contributed by atoms with Crippen molar-refractivity contribution in [2.45, 2.75) is 13.0 Å². The summed E-state index contributed by atoms with van der Waals surface area (Å²) in [5.41, 5.74) is 6.72. The number of halogens is 1. The Bertz CT molecular complexity index is 544. The second-order valence-electron chi connectivity index (χ2n) is 3.95. The topological polar surface area (TPSA) is 55.0 Å². The van der Waals surface area contributed by atoms with Crippen molar-refractivity contribution in [3.05, 3.63) is 40.1 Å². The van der Waals surface area contributed by atoms with Gasteiger partial charge in [0, 0.05) is 37.3 Å². The highest BCUT2D eigenvalue weighted by atomic mass is 79.9. The fourth-order valence-corrected chi connectivity index (χ4v) is 2.96. The third-order valence-corrected chi connectivity index (χ3v) is 4.27. The molecule has 2 rings (SSSR count). The van der Waals surface area contributed by atoms with Crippen LogP contribution in [0.15, 0.2) is 34.5 Å². The standard InChI is InChI=1S/C12H13BrN4S2/c13-10-8-19-12(16-10)17(5-3-11(14)18)7-9-2-1-4-15-6-9/h1-2,4,6,8H,3,5,7H2,(H2,14,18). The molecule has 0 saturated carbocycles. The first-order valence-corrected chi connectivity index (χ1v) is 7.76. The lowest BCUT2D eigenvalue weighted by atomic mass is 10.2. The van der Waals surface area contributed by atoms with Gasteiger partial charge in [-0.05, 0) is 27.6 Å². The Balaban J connectivity index is 2.12. The van der Waals surface area contributed by atoms with E-state index in [0.29, 0.717) is 11.4 Å². The summed E-state index contributed by atoms with van der Waals surface area (Å²) in [6.45, 7) is 1.50. The second kappa shape index (κ2) is 6.93. The summed E-state index contributed by atoms with van der Waals surface area (Å²) in [5.74, 6) is 0. The van der Waals surface area contributed by atoms with Crippen molar-refractivity contribution in [2.75, 3.05) is 11.4 Å². The second-order valence-corrected chi connectivity index (χ2v) is 6.13. The van der Waals surface area contributed by atoms with E-state index in [1.54, 1.807) is 17.5 Å². The number of aromatic nitrogens is 2. The molecule has 2 heterocycles. The largest absolute Gasteiger partial charge is 0.393 e. The number of rotatable bonds is 6. The number of pyridine rings is 1. The third kappa shape index (κ3) is 4.52. The first-order chi connectivity index (χ1) is 9.15. The lowest BCUT2D eigenvalue weighted by molar-refractivity contribution is 0.798. The Morgan fingerprint density at radius 2 is 2.37 bits per heavy atom. The summed E-state index contributed by atoms with van der Waals surface area (Å²) >= 11 is 9.91. The van der Waals surface area contributed by atoms with E-state index in [1.807, 2.05) is 23.7 Å². The number of thiocarbonyl (C=S) groups is 1. The molecule has 0 bridgehead atoms. The minimum absolute atomic E-state index is 0.520. The van der Waals surface area contributed by atoms with Crippen LogP contribution in [0.3, 0.4) is 0 Å². The predicted molar refractivity (Wildman–Crippen MR) is 86.5 cm³/mol. The SMILES string of the molecule is NC(=S)CCN(Cc1cccnc1)c1nc(Br)cs1. The molecule has 0 aliphatic rings. The molecule has 0 saturated heterocycles. The molecule has 0 amide bonds. The lowest BCUT2D eigenvalue weighted by Crippen LogP contribution is -2.27. The Kier molecular flexibility index (Phi) is 5.24. The average molecular weight is 357 g/mol. The van der Waals surface area contributed by atoms with Gasteiger partial charge in [0.05, 0.1) is 4.99 Å². The summed E-state index contributed by atoms with van der Waals surface area (Å²) in [5, 5.41) is 2.92. The summed E-state index contributed by atoms with van der Waals surface area (Å²) in [6.07, 6.45) is 4.30. The van der Waals surface area contributed by atoms with Crippen LogP contribution >= 0.6 is 39.5 Å². The summed E-state index contributed by atoms with van der Waals surface area (Å²) in [6, 6.07) is 3.97. The Morgan fingerprint density at radius 3 is 2.95 bits per heavy atom. The molecule has 0 fully saturated rings. The van der Waals surface area contributed by atoms with Gasteiger partial charge >= 0.3 is 0 Å². The van der Waals surface area contributed by atoms with Crippen molar-refractivity contribution in [1.29, 1.82) is 0 Å². The fraction of sp³-hybridized carbons (Fsp3) is 0.250. The molecule has 2 aromatic heterocycles. The molecule has 100 valence electrons. The number of nitrogens with zero attached hydrogens (tertiary/aromatic N) is 3. The maximum Gasteiger partial charge on any atom is 0.186 e. The van der Waals surface area contributed by atoms with Gasteiger partial charge in [0.25, 0.3) is 0 Å². The number of hydrogen-bond acceptors (Lipinski definition) is 5. The van der Waals surface area contributed by atoms with Crippen LogP contribution in [0.2, 0.25) is 0 Å². The van der Waals surface area contributed by atoms with Gasteiger partial charge in [-0.3, -0.25) is 4.98 Å². The molecule has 2 N–H and O–H groups in total. The molecule has 0 aliphatic carbocycles. The van der Waals surface area contributed by atoms with Gasteiger partial charge < -0.3 is 10.6 Å². The van der Waals surface area contributed by atoms with Crippen molar-refractivity contribution < 1.29 is 0 Å². The summed E-state index contributed by atoms with van der Waals surface area (Å²) < 4.78 is 0.846. The number of hydrogen-bond donors (Lipinski definition) is 1.